The van der Waals surface area contributed by atoms with Crippen LogP contribution in [0.4, 0.5) is 13.6 Å². The van der Waals surface area contributed by atoms with Gasteiger partial charge in [-0.05, 0) is 30.9 Å². The zero-order valence-corrected chi connectivity index (χ0v) is 16.7. The smallest absolute Gasteiger partial charge is 0.341 e. The lowest BCUT2D eigenvalue weighted by Crippen LogP contribution is -2.58. The first-order valence-corrected chi connectivity index (χ1v) is 10.3. The third-order valence-corrected chi connectivity index (χ3v) is 5.24. The monoisotopic (exact) mass is 419 g/mol. The number of likely N-dealkylation sites (tertiary alicyclic amines) is 1. The summed E-state index contributed by atoms with van der Waals surface area (Å²) in [5, 5.41) is 6.00. The molecule has 2 aromatic rings. The molecule has 0 aliphatic carbocycles. The van der Waals surface area contributed by atoms with Crippen molar-refractivity contribution in [2.75, 3.05) is 19.3 Å². The SMILES string of the molecule is CSc1nc(C)cc(OC2CN(C(=O)N3N=CC[C@H]3c3cc(F)cc(F)c3)C2)n1. The number of hydrogen-bond acceptors (Lipinski definition) is 6. The van der Waals surface area contributed by atoms with Crippen molar-refractivity contribution in [3.8, 4) is 5.88 Å². The summed E-state index contributed by atoms with van der Waals surface area (Å²) in [6, 6.07) is 4.17. The van der Waals surface area contributed by atoms with E-state index in [2.05, 4.69) is 15.1 Å². The molecule has 0 spiro atoms. The molecule has 1 aromatic heterocycles. The Hall–Kier alpha value is -2.75. The van der Waals surface area contributed by atoms with Gasteiger partial charge in [0, 0.05) is 30.5 Å². The minimum Gasteiger partial charge on any atom is -0.470 e. The highest BCUT2D eigenvalue weighted by atomic mass is 32.2. The number of halogens is 2. The quantitative estimate of drug-likeness (QED) is 0.561. The number of hydrazone groups is 1. The number of aryl methyl sites for hydroxylation is 1. The second kappa shape index (κ2) is 7.94. The van der Waals surface area contributed by atoms with E-state index in [-0.39, 0.29) is 12.1 Å². The summed E-state index contributed by atoms with van der Waals surface area (Å²) in [7, 11) is 0. The van der Waals surface area contributed by atoms with Crippen LogP contribution in [0.2, 0.25) is 0 Å². The first-order valence-electron chi connectivity index (χ1n) is 9.06. The van der Waals surface area contributed by atoms with Crippen molar-refractivity contribution in [2.45, 2.75) is 30.6 Å². The van der Waals surface area contributed by atoms with Crippen LogP contribution < -0.4 is 4.74 Å². The van der Waals surface area contributed by atoms with Crippen LogP contribution in [-0.4, -0.2) is 57.6 Å². The minimum absolute atomic E-state index is 0.181. The lowest BCUT2D eigenvalue weighted by Gasteiger charge is -2.40. The summed E-state index contributed by atoms with van der Waals surface area (Å²) in [4.78, 5) is 23.0. The molecule has 1 aromatic carbocycles. The number of hydrogen-bond donors (Lipinski definition) is 0. The Balaban J connectivity index is 1.38. The fraction of sp³-hybridized carbons (Fsp3) is 0.368. The number of thioether (sulfide) groups is 1. The van der Waals surface area contributed by atoms with Gasteiger partial charge in [-0.15, -0.1) is 0 Å². The van der Waals surface area contributed by atoms with Crippen molar-refractivity contribution in [3.05, 3.63) is 47.2 Å². The Morgan fingerprint density at radius 1 is 1.17 bits per heavy atom. The molecule has 7 nitrogen and oxygen atoms in total. The van der Waals surface area contributed by atoms with Gasteiger partial charge in [-0.2, -0.15) is 10.1 Å². The molecule has 0 unspecified atom stereocenters. The third kappa shape index (κ3) is 4.16. The Bertz CT molecular complexity index is 947. The van der Waals surface area contributed by atoms with E-state index in [1.165, 1.54) is 28.9 Å². The maximum atomic E-state index is 13.6. The van der Waals surface area contributed by atoms with E-state index in [4.69, 9.17) is 4.74 Å². The fourth-order valence-electron chi connectivity index (χ4n) is 3.29. The van der Waals surface area contributed by atoms with Crippen molar-refractivity contribution >= 4 is 24.0 Å². The van der Waals surface area contributed by atoms with E-state index >= 15 is 0 Å². The molecule has 0 radical (unpaired) electrons. The maximum Gasteiger partial charge on any atom is 0.341 e. The Kier molecular flexibility index (Phi) is 5.35. The standard InChI is InChI=1S/C19H19F2N5O2S/c1-11-5-17(24-18(23-11)29-2)28-15-9-25(10-15)19(27)26-16(3-4-22-26)12-6-13(20)8-14(21)7-12/h4-8,15-16H,3,9-10H2,1-2H3/t16-/m0/s1. The Labute approximate surface area is 170 Å². The predicted molar refractivity (Wildman–Crippen MR) is 104 cm³/mol. The van der Waals surface area contributed by atoms with Crippen molar-refractivity contribution in [3.63, 3.8) is 0 Å². The minimum atomic E-state index is -0.679. The molecular formula is C19H19F2N5O2S. The third-order valence-electron chi connectivity index (χ3n) is 4.69. The van der Waals surface area contributed by atoms with E-state index in [1.54, 1.807) is 17.2 Å². The number of carbonyl (C=O) groups is 1. The second-order valence-corrected chi connectivity index (χ2v) is 7.63. The Morgan fingerprint density at radius 3 is 2.59 bits per heavy atom. The summed E-state index contributed by atoms with van der Waals surface area (Å²) < 4.78 is 33.0. The van der Waals surface area contributed by atoms with Crippen LogP contribution in [0.5, 0.6) is 5.88 Å². The normalized spacial score (nSPS) is 18.8. The molecule has 0 N–H and O–H groups in total. The molecule has 10 heteroatoms. The highest BCUT2D eigenvalue weighted by molar-refractivity contribution is 7.98. The van der Waals surface area contributed by atoms with E-state index in [9.17, 15) is 13.6 Å². The van der Waals surface area contributed by atoms with Crippen LogP contribution in [0, 0.1) is 18.6 Å². The molecule has 0 saturated carbocycles. The number of ether oxygens (including phenoxy) is 1. The van der Waals surface area contributed by atoms with Crippen molar-refractivity contribution in [2.24, 2.45) is 5.10 Å². The van der Waals surface area contributed by atoms with Crippen LogP contribution in [0.15, 0.2) is 34.5 Å². The highest BCUT2D eigenvalue weighted by Crippen LogP contribution is 2.31. The van der Waals surface area contributed by atoms with Gasteiger partial charge in [0.15, 0.2) is 5.16 Å². The lowest BCUT2D eigenvalue weighted by molar-refractivity contribution is 0.0247. The number of benzene rings is 1. The molecular weight excluding hydrogens is 400 g/mol. The van der Waals surface area contributed by atoms with E-state index < -0.39 is 17.7 Å². The van der Waals surface area contributed by atoms with Gasteiger partial charge in [-0.25, -0.2) is 23.6 Å². The van der Waals surface area contributed by atoms with Gasteiger partial charge in [0.2, 0.25) is 5.88 Å². The van der Waals surface area contributed by atoms with Gasteiger partial charge in [0.25, 0.3) is 0 Å². The van der Waals surface area contributed by atoms with Crippen molar-refractivity contribution in [1.29, 1.82) is 0 Å². The van der Waals surface area contributed by atoms with Crippen LogP contribution in [-0.2, 0) is 0 Å². The second-order valence-electron chi connectivity index (χ2n) is 6.86. The van der Waals surface area contributed by atoms with Crippen LogP contribution in [0.25, 0.3) is 0 Å². The number of urea groups is 1. The van der Waals surface area contributed by atoms with Gasteiger partial charge >= 0.3 is 6.03 Å². The summed E-state index contributed by atoms with van der Waals surface area (Å²) >= 11 is 1.43. The largest absolute Gasteiger partial charge is 0.470 e. The summed E-state index contributed by atoms with van der Waals surface area (Å²) in [5.41, 5.74) is 1.19. The molecule has 1 atom stereocenters. The molecule has 0 bridgehead atoms. The molecule has 29 heavy (non-hydrogen) atoms. The van der Waals surface area contributed by atoms with Gasteiger partial charge < -0.3 is 9.64 Å². The topological polar surface area (TPSA) is 70.9 Å². The van der Waals surface area contributed by atoms with Crippen LogP contribution in [0.1, 0.15) is 23.7 Å². The number of carbonyl (C=O) groups excluding carboxylic acids is 1. The number of nitrogens with zero attached hydrogens (tertiary/aromatic N) is 5. The maximum absolute atomic E-state index is 13.6. The molecule has 2 aliphatic heterocycles. The first kappa shape index (κ1) is 19.6. The van der Waals surface area contributed by atoms with E-state index in [1.807, 2.05) is 13.2 Å². The zero-order chi connectivity index (χ0) is 20.5. The summed E-state index contributed by atoms with van der Waals surface area (Å²) in [5.74, 6) is -0.880. The van der Waals surface area contributed by atoms with Gasteiger partial charge in [0.05, 0.1) is 19.1 Å². The van der Waals surface area contributed by atoms with Crippen molar-refractivity contribution < 1.29 is 18.3 Å². The molecule has 2 amide bonds. The summed E-state index contributed by atoms with van der Waals surface area (Å²) in [6.45, 7) is 2.63. The Morgan fingerprint density at radius 2 is 1.90 bits per heavy atom. The average Bonchev–Trinajstić information content (AvgIpc) is 3.12. The van der Waals surface area contributed by atoms with Crippen molar-refractivity contribution in [1.82, 2.24) is 19.9 Å². The molecule has 152 valence electrons. The van der Waals surface area contributed by atoms with E-state index in [0.29, 0.717) is 36.1 Å². The zero-order valence-electron chi connectivity index (χ0n) is 15.9. The van der Waals surface area contributed by atoms with Crippen LogP contribution >= 0.6 is 11.8 Å². The van der Waals surface area contributed by atoms with Gasteiger partial charge in [-0.1, -0.05) is 11.8 Å². The molecule has 1 saturated heterocycles. The van der Waals surface area contributed by atoms with Gasteiger partial charge in [-0.3, -0.25) is 0 Å². The van der Waals surface area contributed by atoms with Crippen LogP contribution in [0.3, 0.4) is 0 Å². The predicted octanol–water partition coefficient (Wildman–Crippen LogP) is 3.40. The first-order chi connectivity index (χ1) is 13.9. The molecule has 3 heterocycles. The van der Waals surface area contributed by atoms with Gasteiger partial charge in [0.1, 0.15) is 17.7 Å². The number of aromatic nitrogens is 2. The summed E-state index contributed by atoms with van der Waals surface area (Å²) in [6.07, 6.45) is 3.69. The average molecular weight is 419 g/mol. The lowest BCUT2D eigenvalue weighted by atomic mass is 10.0. The highest BCUT2D eigenvalue weighted by Gasteiger charge is 2.39. The molecule has 4 rings (SSSR count). The molecule has 1 fully saturated rings. The molecule has 2 aliphatic rings. The van der Waals surface area contributed by atoms with E-state index in [0.717, 1.165) is 11.8 Å². The number of rotatable bonds is 4. The number of amides is 2. The fourth-order valence-corrected chi connectivity index (χ4v) is 3.71.